The zero-order valence-electron chi connectivity index (χ0n) is 16.1. The van der Waals surface area contributed by atoms with Crippen molar-refractivity contribution in [1.82, 2.24) is 10.6 Å². The Hall–Kier alpha value is -1.39. The third kappa shape index (κ3) is 11.8. The molecule has 3 unspecified atom stereocenters. The number of allylic oxidation sites excluding steroid dienone is 2. The van der Waals surface area contributed by atoms with E-state index in [4.69, 9.17) is 0 Å². The first-order valence-corrected chi connectivity index (χ1v) is 8.46. The third-order valence-electron chi connectivity index (χ3n) is 3.17. The van der Waals surface area contributed by atoms with Crippen LogP contribution in [-0.4, -0.2) is 36.2 Å². The van der Waals surface area contributed by atoms with Crippen LogP contribution in [0.5, 0.6) is 0 Å². The Kier molecular flexibility index (Phi) is 21.5. The molecular formula is C19H38N2O2. The summed E-state index contributed by atoms with van der Waals surface area (Å²) >= 11 is 0. The summed E-state index contributed by atoms with van der Waals surface area (Å²) in [5, 5.41) is 15.9. The van der Waals surface area contributed by atoms with Crippen LogP contribution in [0.1, 0.15) is 54.4 Å². The van der Waals surface area contributed by atoms with Crippen molar-refractivity contribution >= 4 is 5.91 Å². The molecule has 0 fully saturated rings. The predicted octanol–water partition coefficient (Wildman–Crippen LogP) is 3.59. The van der Waals surface area contributed by atoms with Gasteiger partial charge in [0.1, 0.15) is 6.10 Å². The van der Waals surface area contributed by atoms with Gasteiger partial charge in [-0.05, 0) is 39.8 Å². The Labute approximate surface area is 143 Å². The maximum absolute atomic E-state index is 12.0. The van der Waals surface area contributed by atoms with Crippen molar-refractivity contribution in [2.24, 2.45) is 0 Å². The largest absolute Gasteiger partial charge is 0.382 e. The molecule has 0 aromatic rings. The van der Waals surface area contributed by atoms with E-state index < -0.39 is 6.10 Å². The summed E-state index contributed by atoms with van der Waals surface area (Å²) < 4.78 is 0. The van der Waals surface area contributed by atoms with Crippen LogP contribution < -0.4 is 10.6 Å². The van der Waals surface area contributed by atoms with E-state index in [1.165, 1.54) is 0 Å². The van der Waals surface area contributed by atoms with Crippen molar-refractivity contribution in [1.29, 1.82) is 0 Å². The summed E-state index contributed by atoms with van der Waals surface area (Å²) in [6.07, 6.45) is 6.52. The zero-order valence-corrected chi connectivity index (χ0v) is 16.1. The van der Waals surface area contributed by atoms with Gasteiger partial charge in [-0.3, -0.25) is 4.79 Å². The number of hydrogen-bond donors (Lipinski definition) is 3. The number of aliphatic hydroxyl groups excluding tert-OH is 1. The lowest BCUT2D eigenvalue weighted by molar-refractivity contribution is -0.131. The molecule has 4 nitrogen and oxygen atoms in total. The van der Waals surface area contributed by atoms with Gasteiger partial charge in [-0.2, -0.15) is 0 Å². The van der Waals surface area contributed by atoms with Gasteiger partial charge in [0.2, 0.25) is 0 Å². The van der Waals surface area contributed by atoms with Crippen LogP contribution in [0, 0.1) is 0 Å². The molecule has 1 amide bonds. The third-order valence-corrected chi connectivity index (χ3v) is 3.17. The van der Waals surface area contributed by atoms with Crippen LogP contribution >= 0.6 is 0 Å². The highest BCUT2D eigenvalue weighted by Crippen LogP contribution is 2.07. The lowest BCUT2D eigenvalue weighted by Crippen LogP contribution is -2.50. The summed E-state index contributed by atoms with van der Waals surface area (Å²) in [5.41, 5.74) is 1.03. The Balaban J connectivity index is -0.000000919. The minimum atomic E-state index is -1.02. The van der Waals surface area contributed by atoms with Crippen LogP contribution in [0.4, 0.5) is 0 Å². The Morgan fingerprint density at radius 2 is 1.78 bits per heavy atom. The molecule has 0 aliphatic carbocycles. The molecule has 0 radical (unpaired) electrons. The smallest absolute Gasteiger partial charge is 0.250 e. The van der Waals surface area contributed by atoms with E-state index in [0.29, 0.717) is 0 Å². The van der Waals surface area contributed by atoms with Gasteiger partial charge in [-0.15, -0.1) is 13.2 Å². The second kappa shape index (κ2) is 18.7. The topological polar surface area (TPSA) is 61.4 Å². The van der Waals surface area contributed by atoms with Crippen molar-refractivity contribution in [2.45, 2.75) is 72.6 Å². The standard InChI is InChI=1S/C15H28N2O2.C2H6.C2H4/c1-6-9-12(8-3)11(4)17-15(19)14(18)13(16-5)10-7-2;2*1-2/h6,8-9,11,13-14,16,18H,7,10H2,1-5H3,(H,17,19);1-2H3;1-2H2/b9-6-,12-8+;;. The summed E-state index contributed by atoms with van der Waals surface area (Å²) in [6, 6.07) is -0.310. The first kappa shape index (κ1) is 26.5. The van der Waals surface area contributed by atoms with Crippen molar-refractivity contribution in [2.75, 3.05) is 7.05 Å². The van der Waals surface area contributed by atoms with E-state index in [0.717, 1.165) is 18.4 Å². The van der Waals surface area contributed by atoms with Gasteiger partial charge < -0.3 is 15.7 Å². The molecule has 136 valence electrons. The average Bonchev–Trinajstić information content (AvgIpc) is 2.60. The molecule has 0 spiro atoms. The van der Waals surface area contributed by atoms with E-state index in [-0.39, 0.29) is 18.0 Å². The molecule has 0 aliphatic rings. The molecule has 0 aliphatic heterocycles. The Morgan fingerprint density at radius 3 is 2.13 bits per heavy atom. The van der Waals surface area contributed by atoms with E-state index in [1.807, 2.05) is 59.8 Å². The maximum Gasteiger partial charge on any atom is 0.250 e. The summed E-state index contributed by atoms with van der Waals surface area (Å²) in [5.74, 6) is -0.329. The van der Waals surface area contributed by atoms with Gasteiger partial charge in [-0.25, -0.2) is 0 Å². The fourth-order valence-corrected chi connectivity index (χ4v) is 2.02. The molecule has 0 aromatic heterocycles. The number of hydrogen-bond acceptors (Lipinski definition) is 3. The predicted molar refractivity (Wildman–Crippen MR) is 103 cm³/mol. The fraction of sp³-hybridized carbons (Fsp3) is 0.632. The highest BCUT2D eigenvalue weighted by atomic mass is 16.3. The van der Waals surface area contributed by atoms with Gasteiger partial charge >= 0.3 is 0 Å². The number of carbonyl (C=O) groups excluding carboxylic acids is 1. The molecule has 3 atom stereocenters. The van der Waals surface area contributed by atoms with Crippen molar-refractivity contribution in [3.05, 3.63) is 37.0 Å². The second-order valence-electron chi connectivity index (χ2n) is 4.65. The highest BCUT2D eigenvalue weighted by molar-refractivity contribution is 5.82. The molecule has 0 heterocycles. The molecule has 23 heavy (non-hydrogen) atoms. The lowest BCUT2D eigenvalue weighted by Gasteiger charge is -2.23. The van der Waals surface area contributed by atoms with Crippen molar-refractivity contribution in [3.63, 3.8) is 0 Å². The van der Waals surface area contributed by atoms with E-state index in [1.54, 1.807) is 7.05 Å². The van der Waals surface area contributed by atoms with Crippen LogP contribution in [-0.2, 0) is 4.79 Å². The molecule has 0 aromatic carbocycles. The van der Waals surface area contributed by atoms with Gasteiger partial charge in [0, 0.05) is 6.04 Å². The van der Waals surface area contributed by atoms with E-state index in [9.17, 15) is 9.90 Å². The van der Waals surface area contributed by atoms with Crippen LogP contribution in [0.15, 0.2) is 37.0 Å². The summed E-state index contributed by atoms with van der Waals surface area (Å²) in [6.45, 7) is 17.8. The Morgan fingerprint density at radius 1 is 1.26 bits per heavy atom. The molecule has 0 rings (SSSR count). The molecular weight excluding hydrogens is 288 g/mol. The van der Waals surface area contributed by atoms with Crippen LogP contribution in [0.25, 0.3) is 0 Å². The monoisotopic (exact) mass is 326 g/mol. The van der Waals surface area contributed by atoms with Gasteiger partial charge in [0.25, 0.3) is 5.91 Å². The molecule has 3 N–H and O–H groups in total. The van der Waals surface area contributed by atoms with E-state index in [2.05, 4.69) is 23.8 Å². The lowest BCUT2D eigenvalue weighted by atomic mass is 10.0. The number of likely N-dealkylation sites (N-methyl/N-ethyl adjacent to an activating group) is 1. The number of nitrogens with one attached hydrogen (secondary N) is 2. The molecule has 0 saturated carbocycles. The zero-order chi connectivity index (χ0) is 18.8. The SMILES string of the molecule is C/C=C\C(=C/C)C(C)NC(=O)C(O)C(CCC)NC.C=C.CC. The van der Waals surface area contributed by atoms with Crippen LogP contribution in [0.3, 0.4) is 0 Å². The summed E-state index contributed by atoms with van der Waals surface area (Å²) in [7, 11) is 1.76. The quantitative estimate of drug-likeness (QED) is 0.472. The van der Waals surface area contributed by atoms with Crippen LogP contribution in [0.2, 0.25) is 0 Å². The molecule has 4 heteroatoms. The first-order valence-electron chi connectivity index (χ1n) is 8.46. The number of aliphatic hydroxyl groups is 1. The average molecular weight is 327 g/mol. The van der Waals surface area contributed by atoms with Gasteiger partial charge in [-0.1, -0.05) is 45.4 Å². The normalized spacial score (nSPS) is 14.7. The summed E-state index contributed by atoms with van der Waals surface area (Å²) in [4.78, 5) is 12.0. The fourth-order valence-electron chi connectivity index (χ4n) is 2.02. The van der Waals surface area contributed by atoms with Crippen molar-refractivity contribution < 1.29 is 9.90 Å². The minimum absolute atomic E-state index is 0.109. The van der Waals surface area contributed by atoms with E-state index >= 15 is 0 Å². The number of carbonyl (C=O) groups is 1. The first-order chi connectivity index (χ1) is 11.0. The number of rotatable bonds is 8. The maximum atomic E-state index is 12.0. The Bertz CT molecular complexity index is 338. The second-order valence-corrected chi connectivity index (χ2v) is 4.65. The van der Waals surface area contributed by atoms with Gasteiger partial charge in [0.05, 0.1) is 6.04 Å². The minimum Gasteiger partial charge on any atom is -0.382 e. The molecule has 0 saturated heterocycles. The van der Waals surface area contributed by atoms with Gasteiger partial charge in [0.15, 0.2) is 0 Å². The number of amides is 1. The molecule has 0 bridgehead atoms. The highest BCUT2D eigenvalue weighted by Gasteiger charge is 2.25. The van der Waals surface area contributed by atoms with Crippen molar-refractivity contribution in [3.8, 4) is 0 Å².